The van der Waals surface area contributed by atoms with Gasteiger partial charge in [-0.25, -0.2) is 0 Å². The number of nitrogens with two attached hydrogens (primary N) is 1. The molecule has 1 amide bonds. The first-order valence-corrected chi connectivity index (χ1v) is 7.55. The Morgan fingerprint density at radius 3 is 2.48 bits per heavy atom. The number of hydrogen-bond donors (Lipinski definition) is 1. The molecule has 0 radical (unpaired) electrons. The van der Waals surface area contributed by atoms with Crippen molar-refractivity contribution in [1.29, 1.82) is 0 Å². The van der Waals surface area contributed by atoms with E-state index in [2.05, 4.69) is 4.90 Å². The summed E-state index contributed by atoms with van der Waals surface area (Å²) in [4.78, 5) is 16.9. The molecule has 2 N–H and O–H groups in total. The molecule has 2 rings (SSSR count). The van der Waals surface area contributed by atoms with Crippen molar-refractivity contribution in [2.45, 2.75) is 12.5 Å². The largest absolute Gasteiger partial charge is 0.367 e. The van der Waals surface area contributed by atoms with Crippen molar-refractivity contribution >= 4 is 5.91 Å². The number of ether oxygens (including phenoxy) is 1. The molecule has 1 fully saturated rings. The van der Waals surface area contributed by atoms with Gasteiger partial charge < -0.3 is 15.4 Å². The third-order valence-corrected chi connectivity index (χ3v) is 3.92. The van der Waals surface area contributed by atoms with Gasteiger partial charge in [-0.1, -0.05) is 30.3 Å². The van der Waals surface area contributed by atoms with Crippen LogP contribution in [0, 0.1) is 0 Å². The molecule has 116 valence electrons. The highest BCUT2D eigenvalue weighted by molar-refractivity contribution is 5.82. The molecule has 1 saturated heterocycles. The Bertz CT molecular complexity index is 430. The zero-order chi connectivity index (χ0) is 15.1. The molecule has 0 aromatic heterocycles. The molecule has 1 aliphatic rings. The van der Waals surface area contributed by atoms with Gasteiger partial charge in [-0.05, 0) is 25.1 Å². The molecule has 1 unspecified atom stereocenters. The van der Waals surface area contributed by atoms with Crippen molar-refractivity contribution in [3.8, 4) is 0 Å². The third kappa shape index (κ3) is 4.27. The third-order valence-electron chi connectivity index (χ3n) is 3.92. The molecular formula is C16H25N3O2. The molecule has 5 nitrogen and oxygen atoms in total. The van der Waals surface area contributed by atoms with Crippen LogP contribution in [0.4, 0.5) is 0 Å². The average Bonchev–Trinajstić information content (AvgIpc) is 2.55. The number of carbonyl (C=O) groups excluding carboxylic acids is 1. The van der Waals surface area contributed by atoms with E-state index in [1.165, 1.54) is 0 Å². The lowest BCUT2D eigenvalue weighted by Gasteiger charge is -2.36. The second kappa shape index (κ2) is 8.12. The van der Waals surface area contributed by atoms with Crippen molar-refractivity contribution in [1.82, 2.24) is 9.80 Å². The fourth-order valence-corrected chi connectivity index (χ4v) is 2.68. The van der Waals surface area contributed by atoms with E-state index in [0.29, 0.717) is 0 Å². The second-order valence-corrected chi connectivity index (χ2v) is 5.34. The summed E-state index contributed by atoms with van der Waals surface area (Å²) >= 11 is 0. The first-order chi connectivity index (χ1) is 10.3. The van der Waals surface area contributed by atoms with Gasteiger partial charge in [-0.2, -0.15) is 0 Å². The van der Waals surface area contributed by atoms with Crippen molar-refractivity contribution in [3.63, 3.8) is 0 Å². The maximum atomic E-state index is 12.6. The predicted octanol–water partition coefficient (Wildman–Crippen LogP) is 0.867. The minimum atomic E-state index is -0.498. The lowest BCUT2D eigenvalue weighted by atomic mass is 10.1. The van der Waals surface area contributed by atoms with Crippen LogP contribution in [0.3, 0.4) is 0 Å². The van der Waals surface area contributed by atoms with Crippen LogP contribution in [0.5, 0.6) is 0 Å². The second-order valence-electron chi connectivity index (χ2n) is 5.34. The molecule has 0 aliphatic carbocycles. The van der Waals surface area contributed by atoms with Crippen LogP contribution in [0.2, 0.25) is 0 Å². The van der Waals surface area contributed by atoms with Crippen LogP contribution in [0.1, 0.15) is 18.1 Å². The molecule has 1 aliphatic heterocycles. The number of rotatable bonds is 6. The maximum absolute atomic E-state index is 12.6. The smallest absolute Gasteiger partial charge is 0.256 e. The summed E-state index contributed by atoms with van der Waals surface area (Å²) < 4.78 is 5.42. The minimum absolute atomic E-state index is 0.0576. The highest BCUT2D eigenvalue weighted by Crippen LogP contribution is 2.20. The Hall–Kier alpha value is -1.43. The summed E-state index contributed by atoms with van der Waals surface area (Å²) in [5.74, 6) is 0.0576. The number of amides is 1. The lowest BCUT2D eigenvalue weighted by molar-refractivity contribution is -0.144. The van der Waals surface area contributed by atoms with E-state index in [1.54, 1.807) is 7.11 Å². The molecule has 21 heavy (non-hydrogen) atoms. The molecular weight excluding hydrogens is 266 g/mol. The van der Waals surface area contributed by atoms with E-state index >= 15 is 0 Å². The van der Waals surface area contributed by atoms with Crippen LogP contribution >= 0.6 is 0 Å². The van der Waals surface area contributed by atoms with Crippen LogP contribution in [-0.4, -0.2) is 62.1 Å². The molecule has 1 heterocycles. The maximum Gasteiger partial charge on any atom is 0.256 e. The Morgan fingerprint density at radius 1 is 1.24 bits per heavy atom. The summed E-state index contributed by atoms with van der Waals surface area (Å²) in [5.41, 5.74) is 6.45. The first kappa shape index (κ1) is 15.9. The zero-order valence-electron chi connectivity index (χ0n) is 12.7. The Kier molecular flexibility index (Phi) is 6.17. The number of hydrogen-bond acceptors (Lipinski definition) is 4. The fourth-order valence-electron chi connectivity index (χ4n) is 2.68. The van der Waals surface area contributed by atoms with Crippen molar-refractivity contribution in [3.05, 3.63) is 35.9 Å². The molecule has 0 saturated carbocycles. The molecule has 0 spiro atoms. The van der Waals surface area contributed by atoms with Gasteiger partial charge >= 0.3 is 0 Å². The van der Waals surface area contributed by atoms with Crippen molar-refractivity contribution in [2.75, 3.05) is 46.4 Å². The number of piperazine rings is 1. The Labute approximate surface area is 126 Å². The summed E-state index contributed by atoms with van der Waals surface area (Å²) in [5, 5.41) is 0. The van der Waals surface area contributed by atoms with Crippen molar-refractivity contribution < 1.29 is 9.53 Å². The van der Waals surface area contributed by atoms with Gasteiger partial charge in [0.05, 0.1) is 0 Å². The Morgan fingerprint density at radius 2 is 1.90 bits per heavy atom. The number of nitrogens with zero attached hydrogens (tertiary/aromatic N) is 2. The average molecular weight is 291 g/mol. The van der Waals surface area contributed by atoms with Crippen LogP contribution < -0.4 is 5.73 Å². The van der Waals surface area contributed by atoms with E-state index in [4.69, 9.17) is 10.5 Å². The van der Waals surface area contributed by atoms with Crippen LogP contribution in [-0.2, 0) is 9.53 Å². The van der Waals surface area contributed by atoms with Gasteiger partial charge in [0.25, 0.3) is 5.91 Å². The molecule has 5 heteroatoms. The summed E-state index contributed by atoms with van der Waals surface area (Å²) in [6, 6.07) is 9.67. The van der Waals surface area contributed by atoms with Gasteiger partial charge in [0, 0.05) is 33.3 Å². The monoisotopic (exact) mass is 291 g/mol. The normalized spacial score (nSPS) is 17.7. The molecule has 0 bridgehead atoms. The molecule has 1 aromatic rings. The highest BCUT2D eigenvalue weighted by atomic mass is 16.5. The topological polar surface area (TPSA) is 58.8 Å². The van der Waals surface area contributed by atoms with Crippen molar-refractivity contribution in [2.24, 2.45) is 5.73 Å². The fraction of sp³-hybridized carbons (Fsp3) is 0.562. The van der Waals surface area contributed by atoms with E-state index in [-0.39, 0.29) is 5.91 Å². The molecule has 1 aromatic carbocycles. The lowest BCUT2D eigenvalue weighted by Crippen LogP contribution is -2.50. The van der Waals surface area contributed by atoms with Gasteiger partial charge in [-0.3, -0.25) is 9.69 Å². The van der Waals surface area contributed by atoms with Crippen LogP contribution in [0.15, 0.2) is 30.3 Å². The summed E-state index contributed by atoms with van der Waals surface area (Å²) in [7, 11) is 1.59. The van der Waals surface area contributed by atoms with E-state index < -0.39 is 6.10 Å². The van der Waals surface area contributed by atoms with Gasteiger partial charge in [-0.15, -0.1) is 0 Å². The standard InChI is InChI=1S/C16H25N3O2/c1-21-15(14-6-3-2-4-7-14)16(20)19-12-10-18(11-13-19)9-5-8-17/h2-4,6-7,15H,5,8-13,17H2,1H3. The SMILES string of the molecule is COC(C(=O)N1CCN(CCCN)CC1)c1ccccc1. The Balaban J connectivity index is 1.91. The number of carbonyl (C=O) groups is 1. The predicted molar refractivity (Wildman–Crippen MR) is 82.9 cm³/mol. The van der Waals surface area contributed by atoms with E-state index in [9.17, 15) is 4.79 Å². The minimum Gasteiger partial charge on any atom is -0.367 e. The van der Waals surface area contributed by atoms with E-state index in [1.807, 2.05) is 35.2 Å². The number of methoxy groups -OCH3 is 1. The van der Waals surface area contributed by atoms with Crippen LogP contribution in [0.25, 0.3) is 0 Å². The zero-order valence-corrected chi connectivity index (χ0v) is 12.7. The van der Waals surface area contributed by atoms with Gasteiger partial charge in [0.2, 0.25) is 0 Å². The molecule has 1 atom stereocenters. The number of benzene rings is 1. The summed E-state index contributed by atoms with van der Waals surface area (Å²) in [6.07, 6.45) is 0.514. The van der Waals surface area contributed by atoms with Gasteiger partial charge in [0.1, 0.15) is 0 Å². The van der Waals surface area contributed by atoms with Gasteiger partial charge in [0.15, 0.2) is 6.10 Å². The summed E-state index contributed by atoms with van der Waals surface area (Å²) in [6.45, 7) is 5.09. The quantitative estimate of drug-likeness (QED) is 0.845. The highest BCUT2D eigenvalue weighted by Gasteiger charge is 2.28. The first-order valence-electron chi connectivity index (χ1n) is 7.55. The van der Waals surface area contributed by atoms with E-state index in [0.717, 1.165) is 51.3 Å².